The first kappa shape index (κ1) is 13.2. The highest BCUT2D eigenvalue weighted by atomic mass is 35.5. The molecule has 0 radical (unpaired) electrons. The van der Waals surface area contributed by atoms with Crippen LogP contribution in [0.4, 0.5) is 5.88 Å². The molecule has 1 aromatic heterocycles. The van der Waals surface area contributed by atoms with Crippen LogP contribution in [0, 0.1) is 0 Å². The van der Waals surface area contributed by atoms with Crippen molar-refractivity contribution in [2.75, 3.05) is 18.1 Å². The van der Waals surface area contributed by atoms with Gasteiger partial charge in [-0.05, 0) is 6.42 Å². The Morgan fingerprint density at radius 2 is 2.21 bits per heavy atom. The van der Waals surface area contributed by atoms with Crippen LogP contribution in [0.3, 0.4) is 0 Å². The van der Waals surface area contributed by atoms with Crippen molar-refractivity contribution in [3.05, 3.63) is 6.20 Å². The van der Waals surface area contributed by atoms with Gasteiger partial charge < -0.3 is 9.73 Å². The number of anilines is 1. The third-order valence-electron chi connectivity index (χ3n) is 1.35. The number of aromatic nitrogens is 1. The minimum absolute atomic E-state index is 0. The van der Waals surface area contributed by atoms with E-state index in [1.165, 1.54) is 6.20 Å². The highest BCUT2D eigenvalue weighted by Gasteiger charge is 2.14. The molecule has 82 valence electrons. The SMILES string of the molecule is CCCNc1cnc(S(C)(=O)=O)o1.Cl. The van der Waals surface area contributed by atoms with Crippen LogP contribution in [-0.4, -0.2) is 26.2 Å². The smallest absolute Gasteiger partial charge is 0.316 e. The first-order valence-corrected chi connectivity index (χ1v) is 5.83. The maximum Gasteiger partial charge on any atom is 0.316 e. The molecule has 7 heteroatoms. The van der Waals surface area contributed by atoms with Crippen molar-refractivity contribution in [1.82, 2.24) is 4.98 Å². The summed E-state index contributed by atoms with van der Waals surface area (Å²) in [5.74, 6) is 0.391. The maximum atomic E-state index is 10.9. The summed E-state index contributed by atoms with van der Waals surface area (Å²) in [6, 6.07) is 0. The number of sulfone groups is 1. The standard InChI is InChI=1S/C7H12N2O3S.ClH/c1-3-4-8-6-5-9-7(12-6)13(2,10)11;/h5,8H,3-4H2,1-2H3;1H. The Bertz CT molecular complexity index is 374. The van der Waals surface area contributed by atoms with Crippen LogP contribution in [0.2, 0.25) is 0 Å². The summed E-state index contributed by atoms with van der Waals surface area (Å²) in [6.45, 7) is 2.74. The Morgan fingerprint density at radius 1 is 1.57 bits per heavy atom. The van der Waals surface area contributed by atoms with E-state index < -0.39 is 9.84 Å². The van der Waals surface area contributed by atoms with Crippen molar-refractivity contribution in [3.63, 3.8) is 0 Å². The lowest BCUT2D eigenvalue weighted by Gasteiger charge is -1.96. The lowest BCUT2D eigenvalue weighted by molar-refractivity contribution is 0.441. The normalized spacial score (nSPS) is 10.7. The minimum Gasteiger partial charge on any atom is -0.412 e. The Morgan fingerprint density at radius 3 is 2.64 bits per heavy atom. The fourth-order valence-electron chi connectivity index (χ4n) is 0.759. The van der Waals surface area contributed by atoms with E-state index in [1.807, 2.05) is 6.92 Å². The van der Waals surface area contributed by atoms with E-state index in [9.17, 15) is 8.42 Å². The van der Waals surface area contributed by atoms with Gasteiger partial charge in [-0.2, -0.15) is 0 Å². The molecule has 0 bridgehead atoms. The van der Waals surface area contributed by atoms with E-state index >= 15 is 0 Å². The molecule has 0 saturated carbocycles. The first-order chi connectivity index (χ1) is 6.04. The zero-order chi connectivity index (χ0) is 9.90. The Balaban J connectivity index is 0.00000169. The van der Waals surface area contributed by atoms with Crippen molar-refractivity contribution < 1.29 is 12.8 Å². The summed E-state index contributed by atoms with van der Waals surface area (Å²) in [5, 5.41) is 2.65. The molecule has 0 amide bonds. The molecular weight excluding hydrogens is 228 g/mol. The number of rotatable bonds is 4. The van der Waals surface area contributed by atoms with Gasteiger partial charge in [0, 0.05) is 12.8 Å². The Hall–Kier alpha value is -0.750. The second-order valence-electron chi connectivity index (χ2n) is 2.69. The molecule has 0 aliphatic carbocycles. The second-order valence-corrected chi connectivity index (χ2v) is 4.58. The summed E-state index contributed by atoms with van der Waals surface area (Å²) in [4.78, 5) is 3.62. The zero-order valence-corrected chi connectivity index (χ0v) is 9.61. The van der Waals surface area contributed by atoms with E-state index in [0.717, 1.165) is 19.2 Å². The highest BCUT2D eigenvalue weighted by molar-refractivity contribution is 7.90. The van der Waals surface area contributed by atoms with Crippen LogP contribution in [0.25, 0.3) is 0 Å². The molecule has 0 fully saturated rings. The number of hydrogen-bond donors (Lipinski definition) is 1. The predicted molar refractivity (Wildman–Crippen MR) is 55.6 cm³/mol. The van der Waals surface area contributed by atoms with Crippen LogP contribution < -0.4 is 5.32 Å². The van der Waals surface area contributed by atoms with Crippen molar-refractivity contribution in [2.24, 2.45) is 0 Å². The van der Waals surface area contributed by atoms with Gasteiger partial charge in [0.1, 0.15) is 0 Å². The monoisotopic (exact) mass is 240 g/mol. The molecule has 1 N–H and O–H groups in total. The average molecular weight is 241 g/mol. The van der Waals surface area contributed by atoms with Gasteiger partial charge in [0.2, 0.25) is 15.7 Å². The molecule has 0 saturated heterocycles. The number of halogens is 1. The fourth-order valence-corrected chi connectivity index (χ4v) is 1.24. The largest absolute Gasteiger partial charge is 0.412 e. The fraction of sp³-hybridized carbons (Fsp3) is 0.571. The molecule has 0 atom stereocenters. The zero-order valence-electron chi connectivity index (χ0n) is 7.98. The lowest BCUT2D eigenvalue weighted by Crippen LogP contribution is -1.98. The van der Waals surface area contributed by atoms with Gasteiger partial charge in [-0.15, -0.1) is 12.4 Å². The van der Waals surface area contributed by atoms with Crippen molar-refractivity contribution in [1.29, 1.82) is 0 Å². The average Bonchev–Trinajstić information content (AvgIpc) is 2.47. The third-order valence-corrected chi connectivity index (χ3v) is 2.17. The van der Waals surface area contributed by atoms with E-state index in [2.05, 4.69) is 10.3 Å². The molecule has 14 heavy (non-hydrogen) atoms. The van der Waals surface area contributed by atoms with Crippen LogP contribution in [0.1, 0.15) is 13.3 Å². The number of oxazole rings is 1. The summed E-state index contributed by atoms with van der Waals surface area (Å²) in [7, 11) is -3.32. The number of nitrogens with one attached hydrogen (secondary N) is 1. The third kappa shape index (κ3) is 3.55. The lowest BCUT2D eigenvalue weighted by atomic mass is 10.5. The van der Waals surface area contributed by atoms with E-state index in [0.29, 0.717) is 5.88 Å². The molecule has 5 nitrogen and oxygen atoms in total. The van der Waals surface area contributed by atoms with Gasteiger partial charge in [0.05, 0.1) is 6.20 Å². The first-order valence-electron chi connectivity index (χ1n) is 3.94. The summed E-state index contributed by atoms with van der Waals surface area (Å²) < 4.78 is 26.8. The van der Waals surface area contributed by atoms with Crippen LogP contribution in [0.15, 0.2) is 15.8 Å². The Kier molecular flexibility index (Phi) is 4.93. The summed E-state index contributed by atoms with van der Waals surface area (Å²) in [5.41, 5.74) is 0. The van der Waals surface area contributed by atoms with Gasteiger partial charge >= 0.3 is 5.22 Å². The Labute approximate surface area is 89.2 Å². The highest BCUT2D eigenvalue weighted by Crippen LogP contribution is 2.13. The van der Waals surface area contributed by atoms with Crippen molar-refractivity contribution >= 4 is 28.1 Å². The second kappa shape index (κ2) is 5.21. The van der Waals surface area contributed by atoms with Gasteiger partial charge in [-0.25, -0.2) is 13.4 Å². The van der Waals surface area contributed by atoms with E-state index in [4.69, 9.17) is 4.42 Å². The summed E-state index contributed by atoms with van der Waals surface area (Å²) >= 11 is 0. The molecule has 1 rings (SSSR count). The van der Waals surface area contributed by atoms with Gasteiger partial charge in [0.25, 0.3) is 0 Å². The topological polar surface area (TPSA) is 72.2 Å². The molecule has 1 heterocycles. The molecular formula is C7H13ClN2O3S. The van der Waals surface area contributed by atoms with Crippen molar-refractivity contribution in [2.45, 2.75) is 18.6 Å². The molecule has 0 spiro atoms. The molecule has 0 aliphatic rings. The van der Waals surface area contributed by atoms with E-state index in [-0.39, 0.29) is 17.6 Å². The molecule has 0 aliphatic heterocycles. The van der Waals surface area contributed by atoms with Gasteiger partial charge in [-0.1, -0.05) is 6.92 Å². The van der Waals surface area contributed by atoms with Crippen molar-refractivity contribution in [3.8, 4) is 0 Å². The van der Waals surface area contributed by atoms with Gasteiger partial charge in [0.15, 0.2) is 0 Å². The maximum absolute atomic E-state index is 10.9. The molecule has 1 aromatic rings. The quantitative estimate of drug-likeness (QED) is 0.860. The van der Waals surface area contributed by atoms with Gasteiger partial charge in [-0.3, -0.25) is 0 Å². The summed E-state index contributed by atoms with van der Waals surface area (Å²) in [6.07, 6.45) is 3.36. The van der Waals surface area contributed by atoms with Crippen LogP contribution >= 0.6 is 12.4 Å². The number of hydrogen-bond acceptors (Lipinski definition) is 5. The predicted octanol–water partition coefficient (Wildman–Crippen LogP) is 1.32. The molecule has 0 aromatic carbocycles. The molecule has 0 unspecified atom stereocenters. The van der Waals surface area contributed by atoms with E-state index in [1.54, 1.807) is 0 Å². The number of nitrogens with zero attached hydrogens (tertiary/aromatic N) is 1. The minimum atomic E-state index is -3.32. The van der Waals surface area contributed by atoms with Crippen LogP contribution in [-0.2, 0) is 9.84 Å². The van der Waals surface area contributed by atoms with Crippen LogP contribution in [0.5, 0.6) is 0 Å².